The number of benzene rings is 2. The average molecular weight is 311 g/mol. The molecule has 0 atom stereocenters. The maximum Gasteiger partial charge on any atom is 0.257 e. The number of hydrogen-bond acceptors (Lipinski definition) is 3. The monoisotopic (exact) mass is 311 g/mol. The van der Waals surface area contributed by atoms with Gasteiger partial charge in [0, 0.05) is 11.3 Å². The standard InChI is InChI=1S/C18H18FN3O/c19-14-8-10-15(11-9-14)20-12-18(23)22-21-17-7-3-5-13-4-1-2-6-16(13)17/h1-2,4,6-11,20-21H,3,5,12H2,(H,22,23). The van der Waals surface area contributed by atoms with Crippen LogP contribution in [0.25, 0.3) is 5.70 Å². The molecule has 0 aliphatic heterocycles. The number of halogens is 1. The van der Waals surface area contributed by atoms with Crippen LogP contribution < -0.4 is 16.2 Å². The van der Waals surface area contributed by atoms with Crippen molar-refractivity contribution in [2.75, 3.05) is 11.9 Å². The van der Waals surface area contributed by atoms with Crippen LogP contribution in [0.1, 0.15) is 17.5 Å². The van der Waals surface area contributed by atoms with Crippen LogP contribution in [0.5, 0.6) is 0 Å². The van der Waals surface area contributed by atoms with Crippen LogP contribution in [-0.2, 0) is 11.2 Å². The number of hydrazine groups is 1. The molecular weight excluding hydrogens is 293 g/mol. The Morgan fingerprint density at radius 3 is 2.70 bits per heavy atom. The number of hydrogen-bond donors (Lipinski definition) is 3. The van der Waals surface area contributed by atoms with Crippen molar-refractivity contribution < 1.29 is 9.18 Å². The first-order chi connectivity index (χ1) is 11.2. The lowest BCUT2D eigenvalue weighted by Crippen LogP contribution is -2.40. The van der Waals surface area contributed by atoms with E-state index in [-0.39, 0.29) is 18.3 Å². The van der Waals surface area contributed by atoms with E-state index in [2.05, 4.69) is 28.3 Å². The summed E-state index contributed by atoms with van der Waals surface area (Å²) in [5, 5.41) is 2.94. The predicted molar refractivity (Wildman–Crippen MR) is 88.9 cm³/mol. The van der Waals surface area contributed by atoms with Gasteiger partial charge in [-0.05, 0) is 42.7 Å². The van der Waals surface area contributed by atoms with Crippen molar-refractivity contribution in [1.29, 1.82) is 0 Å². The van der Waals surface area contributed by atoms with E-state index in [4.69, 9.17) is 0 Å². The Morgan fingerprint density at radius 2 is 1.87 bits per heavy atom. The summed E-state index contributed by atoms with van der Waals surface area (Å²) in [7, 11) is 0. The molecule has 0 aromatic heterocycles. The summed E-state index contributed by atoms with van der Waals surface area (Å²) in [5.74, 6) is -0.497. The highest BCUT2D eigenvalue weighted by Crippen LogP contribution is 2.23. The zero-order chi connectivity index (χ0) is 16.1. The number of fused-ring (bicyclic) bond motifs is 1. The van der Waals surface area contributed by atoms with Crippen LogP contribution in [0.3, 0.4) is 0 Å². The smallest absolute Gasteiger partial charge is 0.257 e. The van der Waals surface area contributed by atoms with E-state index < -0.39 is 0 Å². The number of allylic oxidation sites excluding steroid dienone is 1. The number of carbonyl (C=O) groups excluding carboxylic acids is 1. The Bertz CT molecular complexity index is 725. The predicted octanol–water partition coefficient (Wildman–Crippen LogP) is 2.85. The normalized spacial score (nSPS) is 12.8. The van der Waals surface area contributed by atoms with Gasteiger partial charge in [0.25, 0.3) is 5.91 Å². The SMILES string of the molecule is O=C(CNc1ccc(F)cc1)NNC1=CCCc2ccccc21. The molecule has 0 fully saturated rings. The molecule has 2 aromatic carbocycles. The number of amides is 1. The van der Waals surface area contributed by atoms with Crippen LogP contribution in [0, 0.1) is 5.82 Å². The lowest BCUT2D eigenvalue weighted by molar-refractivity contribution is -0.120. The molecule has 0 heterocycles. The molecule has 0 saturated heterocycles. The van der Waals surface area contributed by atoms with Crippen LogP contribution in [-0.4, -0.2) is 12.5 Å². The Hall–Kier alpha value is -2.82. The molecular formula is C18H18FN3O. The first kappa shape index (κ1) is 15.1. The zero-order valence-corrected chi connectivity index (χ0v) is 12.6. The van der Waals surface area contributed by atoms with Gasteiger partial charge in [0.05, 0.1) is 12.2 Å². The second-order valence-corrected chi connectivity index (χ2v) is 5.35. The second kappa shape index (κ2) is 6.96. The molecule has 0 unspecified atom stereocenters. The first-order valence-corrected chi connectivity index (χ1v) is 7.55. The molecule has 23 heavy (non-hydrogen) atoms. The largest absolute Gasteiger partial charge is 0.376 e. The maximum absolute atomic E-state index is 12.8. The van der Waals surface area contributed by atoms with Crippen molar-refractivity contribution in [1.82, 2.24) is 10.9 Å². The Morgan fingerprint density at radius 1 is 1.09 bits per heavy atom. The van der Waals surface area contributed by atoms with Crippen LogP contribution in [0.2, 0.25) is 0 Å². The van der Waals surface area contributed by atoms with Crippen molar-refractivity contribution in [3.8, 4) is 0 Å². The van der Waals surface area contributed by atoms with Gasteiger partial charge in [-0.1, -0.05) is 30.3 Å². The topological polar surface area (TPSA) is 53.2 Å². The summed E-state index contributed by atoms with van der Waals surface area (Å²) in [5.41, 5.74) is 9.67. The zero-order valence-electron chi connectivity index (χ0n) is 12.6. The van der Waals surface area contributed by atoms with Crippen LogP contribution in [0.15, 0.2) is 54.6 Å². The summed E-state index contributed by atoms with van der Waals surface area (Å²) in [6, 6.07) is 14.0. The molecule has 1 aliphatic carbocycles. The van der Waals surface area contributed by atoms with Gasteiger partial charge >= 0.3 is 0 Å². The van der Waals surface area contributed by atoms with Gasteiger partial charge in [-0.2, -0.15) is 0 Å². The summed E-state index contributed by atoms with van der Waals surface area (Å²) < 4.78 is 12.8. The van der Waals surface area contributed by atoms with E-state index in [1.54, 1.807) is 12.1 Å². The third-order valence-electron chi connectivity index (χ3n) is 3.70. The molecule has 4 nitrogen and oxygen atoms in total. The summed E-state index contributed by atoms with van der Waals surface area (Å²) in [6.07, 6.45) is 4.04. The number of rotatable bonds is 5. The van der Waals surface area contributed by atoms with Crippen molar-refractivity contribution in [3.05, 3.63) is 71.6 Å². The van der Waals surface area contributed by atoms with E-state index in [0.29, 0.717) is 5.69 Å². The van der Waals surface area contributed by atoms with Crippen molar-refractivity contribution in [3.63, 3.8) is 0 Å². The Labute approximate surface area is 134 Å². The van der Waals surface area contributed by atoms with Gasteiger partial charge in [0.2, 0.25) is 0 Å². The minimum absolute atomic E-state index is 0.105. The highest BCUT2D eigenvalue weighted by molar-refractivity contribution is 5.81. The number of carbonyl (C=O) groups is 1. The van der Waals surface area contributed by atoms with Crippen LogP contribution >= 0.6 is 0 Å². The van der Waals surface area contributed by atoms with E-state index >= 15 is 0 Å². The maximum atomic E-state index is 12.8. The lowest BCUT2D eigenvalue weighted by Gasteiger charge is -2.19. The molecule has 0 spiro atoms. The number of aryl methyl sites for hydroxylation is 1. The molecule has 5 heteroatoms. The van der Waals surface area contributed by atoms with E-state index in [1.165, 1.54) is 17.7 Å². The minimum Gasteiger partial charge on any atom is -0.376 e. The molecule has 1 aliphatic rings. The number of anilines is 1. The van der Waals surface area contributed by atoms with Gasteiger partial charge in [0.1, 0.15) is 5.82 Å². The van der Waals surface area contributed by atoms with Gasteiger partial charge < -0.3 is 5.32 Å². The highest BCUT2D eigenvalue weighted by Gasteiger charge is 2.12. The first-order valence-electron chi connectivity index (χ1n) is 7.55. The summed E-state index contributed by atoms with van der Waals surface area (Å²) in [4.78, 5) is 11.9. The average Bonchev–Trinajstić information content (AvgIpc) is 2.59. The summed E-state index contributed by atoms with van der Waals surface area (Å²) in [6.45, 7) is 0.105. The van der Waals surface area contributed by atoms with E-state index in [0.717, 1.165) is 24.1 Å². The highest BCUT2D eigenvalue weighted by atomic mass is 19.1. The third-order valence-corrected chi connectivity index (χ3v) is 3.70. The molecule has 1 amide bonds. The quantitative estimate of drug-likeness (QED) is 0.744. The van der Waals surface area contributed by atoms with Gasteiger partial charge in [0.15, 0.2) is 0 Å². The van der Waals surface area contributed by atoms with E-state index in [1.807, 2.05) is 18.2 Å². The van der Waals surface area contributed by atoms with Gasteiger partial charge in [-0.25, -0.2) is 4.39 Å². The lowest BCUT2D eigenvalue weighted by atomic mass is 9.95. The molecule has 2 aromatic rings. The molecule has 0 bridgehead atoms. The third kappa shape index (κ3) is 3.88. The number of nitrogens with one attached hydrogen (secondary N) is 3. The molecule has 118 valence electrons. The fraction of sp³-hybridized carbons (Fsp3) is 0.167. The molecule has 0 radical (unpaired) electrons. The van der Waals surface area contributed by atoms with Crippen molar-refractivity contribution in [2.24, 2.45) is 0 Å². The minimum atomic E-state index is -0.301. The van der Waals surface area contributed by atoms with Gasteiger partial charge in [-0.3, -0.25) is 15.6 Å². The Kier molecular flexibility index (Phi) is 4.57. The Balaban J connectivity index is 1.51. The fourth-order valence-corrected chi connectivity index (χ4v) is 2.53. The molecule has 3 rings (SSSR count). The fourth-order valence-electron chi connectivity index (χ4n) is 2.53. The van der Waals surface area contributed by atoms with Gasteiger partial charge in [-0.15, -0.1) is 0 Å². The summed E-state index contributed by atoms with van der Waals surface area (Å²) >= 11 is 0. The van der Waals surface area contributed by atoms with E-state index in [9.17, 15) is 9.18 Å². The van der Waals surface area contributed by atoms with Crippen molar-refractivity contribution >= 4 is 17.3 Å². The second-order valence-electron chi connectivity index (χ2n) is 5.35. The molecule has 3 N–H and O–H groups in total. The van der Waals surface area contributed by atoms with Crippen molar-refractivity contribution in [2.45, 2.75) is 12.8 Å². The molecule has 0 saturated carbocycles. The van der Waals surface area contributed by atoms with Crippen LogP contribution in [0.4, 0.5) is 10.1 Å².